The molecule has 2 aliphatic rings. The molecule has 2 N–H and O–H groups in total. The van der Waals surface area contributed by atoms with Crippen LogP contribution >= 0.6 is 24.8 Å². The van der Waals surface area contributed by atoms with Crippen LogP contribution in [0.3, 0.4) is 0 Å². The van der Waals surface area contributed by atoms with Crippen molar-refractivity contribution in [1.29, 1.82) is 0 Å². The van der Waals surface area contributed by atoms with E-state index in [1.165, 1.54) is 0 Å². The van der Waals surface area contributed by atoms with Crippen molar-refractivity contribution in [3.05, 3.63) is 23.9 Å². The minimum atomic E-state index is -0.0330. The number of morpholine rings is 1. The Kier molecular flexibility index (Phi) is 9.36. The zero-order valence-corrected chi connectivity index (χ0v) is 15.3. The maximum atomic E-state index is 12.1. The highest BCUT2D eigenvalue weighted by Crippen LogP contribution is 2.13. The van der Waals surface area contributed by atoms with Gasteiger partial charge in [0.05, 0.1) is 19.3 Å². The maximum absolute atomic E-state index is 12.1. The second-order valence-electron chi connectivity index (χ2n) is 5.84. The summed E-state index contributed by atoms with van der Waals surface area (Å²) in [6, 6.07) is 4.02. The van der Waals surface area contributed by atoms with Gasteiger partial charge in [0, 0.05) is 25.8 Å². The number of rotatable bonds is 4. The van der Waals surface area contributed by atoms with Gasteiger partial charge in [-0.15, -0.1) is 24.8 Å². The normalized spacial score (nSPS) is 20.5. The highest BCUT2D eigenvalue weighted by atomic mass is 35.5. The second kappa shape index (κ2) is 10.7. The molecule has 2 fully saturated rings. The van der Waals surface area contributed by atoms with Crippen molar-refractivity contribution >= 4 is 36.5 Å². The van der Waals surface area contributed by atoms with Crippen LogP contribution in [0.5, 0.6) is 0 Å². The molecule has 0 aromatic carbocycles. The highest BCUT2D eigenvalue weighted by Gasteiger charge is 2.20. The van der Waals surface area contributed by atoms with Crippen LogP contribution in [-0.4, -0.2) is 49.8 Å². The molecular weight excluding hydrogens is 351 g/mol. The minimum Gasteiger partial charge on any atom is -0.378 e. The molecule has 6 nitrogen and oxygen atoms in total. The van der Waals surface area contributed by atoms with Gasteiger partial charge in [-0.05, 0) is 31.0 Å². The average molecular weight is 377 g/mol. The van der Waals surface area contributed by atoms with Crippen LogP contribution in [0, 0.1) is 0 Å². The number of ether oxygens (including phenoxy) is 1. The summed E-state index contributed by atoms with van der Waals surface area (Å²) in [7, 11) is 0. The number of hydrogen-bond donors (Lipinski definition) is 2. The minimum absolute atomic E-state index is 0. The second-order valence-corrected chi connectivity index (χ2v) is 5.84. The largest absolute Gasteiger partial charge is 0.378 e. The molecule has 2 aliphatic heterocycles. The molecule has 3 rings (SSSR count). The number of carbonyl (C=O) groups excluding carboxylic acids is 1. The molecular formula is C16H26Cl2N4O2. The van der Waals surface area contributed by atoms with Crippen molar-refractivity contribution in [1.82, 2.24) is 15.6 Å². The van der Waals surface area contributed by atoms with Gasteiger partial charge < -0.3 is 20.3 Å². The first kappa shape index (κ1) is 21.0. The van der Waals surface area contributed by atoms with E-state index in [1.54, 1.807) is 0 Å². The van der Waals surface area contributed by atoms with E-state index >= 15 is 0 Å². The number of nitrogens with one attached hydrogen (secondary N) is 2. The number of amides is 1. The van der Waals surface area contributed by atoms with Gasteiger partial charge in [0.15, 0.2) is 0 Å². The quantitative estimate of drug-likeness (QED) is 0.833. The van der Waals surface area contributed by atoms with Gasteiger partial charge in [-0.25, -0.2) is 4.98 Å². The fraction of sp³-hybridized carbons (Fsp3) is 0.625. The third-order valence-corrected chi connectivity index (χ3v) is 4.24. The van der Waals surface area contributed by atoms with E-state index in [0.717, 1.165) is 63.5 Å². The molecule has 8 heteroatoms. The molecule has 1 aromatic rings. The Bertz CT molecular complexity index is 489. The lowest BCUT2D eigenvalue weighted by atomic mass is 10.0. The topological polar surface area (TPSA) is 66.5 Å². The molecule has 1 amide bonds. The first-order chi connectivity index (χ1) is 10.8. The van der Waals surface area contributed by atoms with E-state index in [-0.39, 0.29) is 36.8 Å². The third-order valence-electron chi connectivity index (χ3n) is 4.24. The van der Waals surface area contributed by atoms with Crippen LogP contribution < -0.4 is 15.5 Å². The molecule has 1 atom stereocenters. The Morgan fingerprint density at radius 2 is 2.08 bits per heavy atom. The Labute approximate surface area is 155 Å². The van der Waals surface area contributed by atoms with E-state index in [9.17, 15) is 4.79 Å². The van der Waals surface area contributed by atoms with Gasteiger partial charge in [-0.1, -0.05) is 12.5 Å². The number of carbonyl (C=O) groups is 1. The summed E-state index contributed by atoms with van der Waals surface area (Å²) in [4.78, 5) is 18.8. The zero-order valence-electron chi connectivity index (χ0n) is 13.7. The molecule has 1 aromatic heterocycles. The molecule has 2 saturated heterocycles. The lowest BCUT2D eigenvalue weighted by Crippen LogP contribution is -2.46. The molecule has 0 saturated carbocycles. The molecule has 0 aliphatic carbocycles. The molecule has 24 heavy (non-hydrogen) atoms. The average Bonchev–Trinajstić information content (AvgIpc) is 2.61. The summed E-state index contributed by atoms with van der Waals surface area (Å²) in [6.07, 6.45) is 5.07. The fourth-order valence-electron chi connectivity index (χ4n) is 2.89. The highest BCUT2D eigenvalue weighted by molar-refractivity contribution is 5.85. The van der Waals surface area contributed by atoms with Gasteiger partial charge in [-0.2, -0.15) is 0 Å². The summed E-state index contributed by atoms with van der Waals surface area (Å²) < 4.78 is 5.34. The van der Waals surface area contributed by atoms with Crippen LogP contribution in [0.25, 0.3) is 0 Å². The summed E-state index contributed by atoms with van der Waals surface area (Å²) in [5.74, 6) is 1.07. The maximum Gasteiger partial charge on any atom is 0.237 e. The smallest absolute Gasteiger partial charge is 0.237 e. The Morgan fingerprint density at radius 3 is 2.71 bits per heavy atom. The van der Waals surface area contributed by atoms with Gasteiger partial charge in [0.1, 0.15) is 5.82 Å². The van der Waals surface area contributed by atoms with E-state index in [1.807, 2.05) is 18.3 Å². The number of aromatic nitrogens is 1. The summed E-state index contributed by atoms with van der Waals surface area (Å²) >= 11 is 0. The molecule has 0 radical (unpaired) electrons. The van der Waals surface area contributed by atoms with Crippen LogP contribution in [-0.2, 0) is 16.1 Å². The van der Waals surface area contributed by atoms with E-state index in [4.69, 9.17) is 4.74 Å². The third kappa shape index (κ3) is 5.77. The van der Waals surface area contributed by atoms with Crippen molar-refractivity contribution in [3.8, 4) is 0 Å². The van der Waals surface area contributed by atoms with Gasteiger partial charge in [0.2, 0.25) is 5.91 Å². The molecule has 3 heterocycles. The van der Waals surface area contributed by atoms with Crippen LogP contribution in [0.4, 0.5) is 5.82 Å². The van der Waals surface area contributed by atoms with Crippen LogP contribution in [0.2, 0.25) is 0 Å². The van der Waals surface area contributed by atoms with Crippen molar-refractivity contribution in [2.75, 3.05) is 37.7 Å². The van der Waals surface area contributed by atoms with E-state index < -0.39 is 0 Å². The Morgan fingerprint density at radius 1 is 1.29 bits per heavy atom. The number of halogens is 2. The molecule has 0 spiro atoms. The van der Waals surface area contributed by atoms with E-state index in [2.05, 4.69) is 20.5 Å². The van der Waals surface area contributed by atoms with Gasteiger partial charge in [-0.3, -0.25) is 4.79 Å². The summed E-state index contributed by atoms with van der Waals surface area (Å²) in [6.45, 7) is 4.76. The predicted molar refractivity (Wildman–Crippen MR) is 99.3 cm³/mol. The summed E-state index contributed by atoms with van der Waals surface area (Å²) in [5, 5.41) is 6.25. The molecule has 0 bridgehead atoms. The van der Waals surface area contributed by atoms with Gasteiger partial charge >= 0.3 is 0 Å². The molecule has 136 valence electrons. The standard InChI is InChI=1S/C16H24N4O2.2ClH/c21-16(14-3-1-2-6-17-14)19-12-13-4-5-15(18-11-13)20-7-9-22-10-8-20;;/h4-5,11,14,17H,1-3,6-10,12H2,(H,19,21);2*1H. The van der Waals surface area contributed by atoms with E-state index in [0.29, 0.717) is 6.54 Å². The first-order valence-electron chi connectivity index (χ1n) is 8.11. The number of pyridine rings is 1. The number of piperidine rings is 1. The monoisotopic (exact) mass is 376 g/mol. The zero-order chi connectivity index (χ0) is 15.2. The van der Waals surface area contributed by atoms with Crippen molar-refractivity contribution < 1.29 is 9.53 Å². The van der Waals surface area contributed by atoms with Crippen molar-refractivity contribution in [3.63, 3.8) is 0 Å². The molecule has 1 unspecified atom stereocenters. The van der Waals surface area contributed by atoms with Crippen LogP contribution in [0.1, 0.15) is 24.8 Å². The Hall–Kier alpha value is -1.08. The number of anilines is 1. The summed E-state index contributed by atoms with van der Waals surface area (Å²) in [5.41, 5.74) is 1.03. The number of nitrogens with zero attached hydrogens (tertiary/aromatic N) is 2. The fourth-order valence-corrected chi connectivity index (χ4v) is 2.89. The lowest BCUT2D eigenvalue weighted by Gasteiger charge is -2.27. The lowest BCUT2D eigenvalue weighted by molar-refractivity contribution is -0.123. The Balaban J connectivity index is 0.00000144. The predicted octanol–water partition coefficient (Wildman–Crippen LogP) is 1.52. The van der Waals surface area contributed by atoms with Crippen molar-refractivity contribution in [2.24, 2.45) is 0 Å². The van der Waals surface area contributed by atoms with Gasteiger partial charge in [0.25, 0.3) is 0 Å². The van der Waals surface area contributed by atoms with Crippen LogP contribution in [0.15, 0.2) is 18.3 Å². The first-order valence-corrected chi connectivity index (χ1v) is 8.11. The van der Waals surface area contributed by atoms with Crippen molar-refractivity contribution in [2.45, 2.75) is 31.8 Å². The number of hydrogen-bond acceptors (Lipinski definition) is 5. The SMILES string of the molecule is Cl.Cl.O=C(NCc1ccc(N2CCOCC2)nc1)C1CCCCN1.